The van der Waals surface area contributed by atoms with Crippen LogP contribution in [0.3, 0.4) is 0 Å². The predicted octanol–water partition coefficient (Wildman–Crippen LogP) is 4.13. The zero-order chi connectivity index (χ0) is 9.69. The van der Waals surface area contributed by atoms with E-state index in [0.29, 0.717) is 10.8 Å². The first-order chi connectivity index (χ1) is 5.95. The van der Waals surface area contributed by atoms with Crippen LogP contribution in [0, 0.1) is 10.8 Å². The van der Waals surface area contributed by atoms with Crippen LogP contribution in [0.15, 0.2) is 9.81 Å². The molecular formula is C11H18S2. The normalized spacial score (nSPS) is 30.5. The first-order valence-corrected chi connectivity index (χ1v) is 6.91. The molecule has 0 aromatic rings. The van der Waals surface area contributed by atoms with Gasteiger partial charge in [-0.15, -0.1) is 23.5 Å². The van der Waals surface area contributed by atoms with Crippen LogP contribution in [-0.4, -0.2) is 11.5 Å². The van der Waals surface area contributed by atoms with Crippen molar-refractivity contribution >= 4 is 23.5 Å². The number of thioether (sulfide) groups is 2. The summed E-state index contributed by atoms with van der Waals surface area (Å²) < 4.78 is 0. The number of allylic oxidation sites excluding steroid dienone is 2. The summed E-state index contributed by atoms with van der Waals surface area (Å²) >= 11 is 4.20. The van der Waals surface area contributed by atoms with Gasteiger partial charge < -0.3 is 0 Å². The van der Waals surface area contributed by atoms with Gasteiger partial charge in [-0.1, -0.05) is 27.7 Å². The van der Waals surface area contributed by atoms with E-state index in [2.05, 4.69) is 51.2 Å². The van der Waals surface area contributed by atoms with E-state index in [1.54, 1.807) is 9.81 Å². The van der Waals surface area contributed by atoms with Gasteiger partial charge in [-0.2, -0.15) is 0 Å². The highest BCUT2D eigenvalue weighted by atomic mass is 32.2. The quantitative estimate of drug-likeness (QED) is 0.594. The van der Waals surface area contributed by atoms with Crippen LogP contribution in [0.5, 0.6) is 0 Å². The zero-order valence-electron chi connectivity index (χ0n) is 8.94. The molecule has 0 aromatic carbocycles. The standard InChI is InChI=1S/C11H18S2/c1-10(2)7-8-9(11(10,3)4)13-6-5-12-8/h5-7H2,1-4H3. The van der Waals surface area contributed by atoms with Gasteiger partial charge in [-0.25, -0.2) is 0 Å². The Morgan fingerprint density at radius 3 is 2.23 bits per heavy atom. The molecule has 0 unspecified atom stereocenters. The lowest BCUT2D eigenvalue weighted by Crippen LogP contribution is -2.28. The Balaban J connectivity index is 2.38. The third-order valence-electron chi connectivity index (χ3n) is 3.72. The topological polar surface area (TPSA) is 0 Å². The van der Waals surface area contributed by atoms with E-state index in [0.717, 1.165) is 0 Å². The van der Waals surface area contributed by atoms with Crippen LogP contribution in [0.4, 0.5) is 0 Å². The molecule has 2 aliphatic rings. The molecule has 0 saturated heterocycles. The van der Waals surface area contributed by atoms with Crippen molar-refractivity contribution in [3.8, 4) is 0 Å². The van der Waals surface area contributed by atoms with E-state index in [1.807, 2.05) is 0 Å². The van der Waals surface area contributed by atoms with Crippen molar-refractivity contribution in [2.75, 3.05) is 11.5 Å². The molecule has 0 N–H and O–H groups in total. The van der Waals surface area contributed by atoms with E-state index in [-0.39, 0.29) is 0 Å². The van der Waals surface area contributed by atoms with E-state index in [4.69, 9.17) is 0 Å². The summed E-state index contributed by atoms with van der Waals surface area (Å²) in [4.78, 5) is 3.38. The number of hydrogen-bond acceptors (Lipinski definition) is 2. The molecule has 0 atom stereocenters. The molecule has 0 bridgehead atoms. The first-order valence-electron chi connectivity index (χ1n) is 4.94. The fourth-order valence-corrected chi connectivity index (χ4v) is 5.23. The highest BCUT2D eigenvalue weighted by Gasteiger charge is 2.48. The van der Waals surface area contributed by atoms with E-state index in [1.165, 1.54) is 17.9 Å². The monoisotopic (exact) mass is 214 g/mol. The van der Waals surface area contributed by atoms with Gasteiger partial charge in [0.2, 0.25) is 0 Å². The predicted molar refractivity (Wildman–Crippen MR) is 64.1 cm³/mol. The van der Waals surface area contributed by atoms with Gasteiger partial charge in [0, 0.05) is 21.8 Å². The molecule has 0 aromatic heterocycles. The maximum absolute atomic E-state index is 2.41. The Labute approximate surface area is 89.9 Å². The van der Waals surface area contributed by atoms with Crippen LogP contribution in [0.25, 0.3) is 0 Å². The Morgan fingerprint density at radius 2 is 1.62 bits per heavy atom. The summed E-state index contributed by atoms with van der Waals surface area (Å²) in [6.45, 7) is 9.64. The maximum Gasteiger partial charge on any atom is 0.00717 e. The highest BCUT2D eigenvalue weighted by Crippen LogP contribution is 2.62. The molecule has 0 spiro atoms. The van der Waals surface area contributed by atoms with Crippen molar-refractivity contribution in [2.45, 2.75) is 34.1 Å². The van der Waals surface area contributed by atoms with Crippen molar-refractivity contribution in [3.63, 3.8) is 0 Å². The lowest BCUT2D eigenvalue weighted by molar-refractivity contribution is 0.187. The van der Waals surface area contributed by atoms with Gasteiger partial charge in [0.25, 0.3) is 0 Å². The largest absolute Gasteiger partial charge is 0.129 e. The minimum Gasteiger partial charge on any atom is -0.129 e. The molecule has 0 amide bonds. The fraction of sp³-hybridized carbons (Fsp3) is 0.818. The van der Waals surface area contributed by atoms with Crippen molar-refractivity contribution < 1.29 is 0 Å². The van der Waals surface area contributed by atoms with Crippen molar-refractivity contribution in [1.82, 2.24) is 0 Å². The smallest absolute Gasteiger partial charge is 0.00717 e. The highest BCUT2D eigenvalue weighted by molar-refractivity contribution is 8.10. The van der Waals surface area contributed by atoms with Gasteiger partial charge in [0.1, 0.15) is 0 Å². The molecule has 1 aliphatic carbocycles. The molecule has 1 aliphatic heterocycles. The second-order valence-corrected chi connectivity index (χ2v) is 7.43. The minimum absolute atomic E-state index is 0.403. The Kier molecular flexibility index (Phi) is 2.27. The molecule has 0 saturated carbocycles. The van der Waals surface area contributed by atoms with Gasteiger partial charge in [0.15, 0.2) is 0 Å². The van der Waals surface area contributed by atoms with Gasteiger partial charge >= 0.3 is 0 Å². The summed E-state index contributed by atoms with van der Waals surface area (Å²) in [6, 6.07) is 0. The van der Waals surface area contributed by atoms with Crippen LogP contribution < -0.4 is 0 Å². The summed E-state index contributed by atoms with van der Waals surface area (Å²) in [6.07, 6.45) is 1.30. The van der Waals surface area contributed by atoms with Gasteiger partial charge in [-0.3, -0.25) is 0 Å². The van der Waals surface area contributed by atoms with E-state index >= 15 is 0 Å². The van der Waals surface area contributed by atoms with E-state index < -0.39 is 0 Å². The van der Waals surface area contributed by atoms with Gasteiger partial charge in [-0.05, 0) is 16.7 Å². The fourth-order valence-electron chi connectivity index (χ4n) is 2.04. The second-order valence-electron chi connectivity index (χ2n) is 5.13. The van der Waals surface area contributed by atoms with Crippen molar-refractivity contribution in [2.24, 2.45) is 10.8 Å². The molecule has 0 radical (unpaired) electrons. The van der Waals surface area contributed by atoms with Crippen LogP contribution in [-0.2, 0) is 0 Å². The summed E-state index contributed by atoms with van der Waals surface area (Å²) in [5.74, 6) is 2.62. The van der Waals surface area contributed by atoms with Crippen LogP contribution >= 0.6 is 23.5 Å². The number of hydrogen-bond donors (Lipinski definition) is 0. The third-order valence-corrected chi connectivity index (χ3v) is 6.67. The Morgan fingerprint density at radius 1 is 1.00 bits per heavy atom. The number of rotatable bonds is 0. The summed E-state index contributed by atoms with van der Waals surface area (Å²) in [5.41, 5.74) is 0.864. The molecular weight excluding hydrogens is 196 g/mol. The van der Waals surface area contributed by atoms with Crippen LogP contribution in [0.1, 0.15) is 34.1 Å². The SMILES string of the molecule is CC1(C)CC2=C(SCCS2)C1(C)C. The first kappa shape index (κ1) is 9.97. The molecule has 2 rings (SSSR count). The summed E-state index contributed by atoms with van der Waals surface area (Å²) in [7, 11) is 0. The Hall–Kier alpha value is 0.440. The second kappa shape index (κ2) is 2.96. The molecule has 0 nitrogen and oxygen atoms in total. The zero-order valence-corrected chi connectivity index (χ0v) is 10.6. The average molecular weight is 214 g/mol. The average Bonchev–Trinajstić information content (AvgIpc) is 2.20. The minimum atomic E-state index is 0.403. The Bertz CT molecular complexity index is 261. The molecule has 0 fully saturated rings. The lowest BCUT2D eigenvalue weighted by atomic mass is 9.70. The molecule has 2 heteroatoms. The maximum atomic E-state index is 2.41. The van der Waals surface area contributed by atoms with Crippen molar-refractivity contribution in [1.29, 1.82) is 0 Å². The molecule has 1 heterocycles. The summed E-state index contributed by atoms with van der Waals surface area (Å²) in [5, 5.41) is 0. The van der Waals surface area contributed by atoms with Crippen molar-refractivity contribution in [3.05, 3.63) is 9.81 Å². The molecule has 13 heavy (non-hydrogen) atoms. The third kappa shape index (κ3) is 1.37. The van der Waals surface area contributed by atoms with E-state index in [9.17, 15) is 0 Å². The van der Waals surface area contributed by atoms with Gasteiger partial charge in [0.05, 0.1) is 0 Å². The lowest BCUT2D eigenvalue weighted by Gasteiger charge is -2.37. The molecule has 74 valence electrons. The van der Waals surface area contributed by atoms with Crippen LogP contribution in [0.2, 0.25) is 0 Å².